The summed E-state index contributed by atoms with van der Waals surface area (Å²) in [5.74, 6) is 0.574. The lowest BCUT2D eigenvalue weighted by Gasteiger charge is -2.45. The molecule has 1 saturated heterocycles. The Morgan fingerprint density at radius 3 is 2.96 bits per heavy atom. The van der Waals surface area contributed by atoms with Crippen LogP contribution < -0.4 is 4.74 Å². The van der Waals surface area contributed by atoms with Gasteiger partial charge in [-0.1, -0.05) is 18.2 Å². The average molecular weight is 313 g/mol. The highest BCUT2D eigenvalue weighted by Gasteiger charge is 2.54. The molecule has 3 rings (SSSR count). The maximum Gasteiger partial charge on any atom is 0.234 e. The van der Waals surface area contributed by atoms with Crippen molar-refractivity contribution in [3.63, 3.8) is 0 Å². The first-order valence-electron chi connectivity index (χ1n) is 8.07. The summed E-state index contributed by atoms with van der Waals surface area (Å²) in [6.45, 7) is 5.49. The molecule has 2 aliphatic heterocycles. The van der Waals surface area contributed by atoms with Crippen LogP contribution in [0.3, 0.4) is 0 Å². The molecular formula is C19H23NO3. The molecule has 1 N–H and O–H groups in total. The maximum absolute atomic E-state index is 12.4. The quantitative estimate of drug-likeness (QED) is 0.649. The number of allylic oxidation sites excluding steroid dienone is 2. The van der Waals surface area contributed by atoms with Crippen LogP contribution in [-0.4, -0.2) is 35.2 Å². The maximum atomic E-state index is 12.4. The van der Waals surface area contributed by atoms with Crippen LogP contribution in [0.15, 0.2) is 42.6 Å². The molecule has 3 atom stereocenters. The Morgan fingerprint density at radius 2 is 2.30 bits per heavy atom. The summed E-state index contributed by atoms with van der Waals surface area (Å²) in [5, 5.41) is 9.89. The fourth-order valence-electron chi connectivity index (χ4n) is 3.72. The number of amides is 1. The van der Waals surface area contributed by atoms with Crippen LogP contribution in [0.1, 0.15) is 31.7 Å². The van der Waals surface area contributed by atoms with Crippen molar-refractivity contribution in [2.24, 2.45) is 5.92 Å². The molecule has 0 saturated carbocycles. The third kappa shape index (κ3) is 2.57. The van der Waals surface area contributed by atoms with E-state index in [4.69, 9.17) is 4.74 Å². The van der Waals surface area contributed by atoms with E-state index >= 15 is 0 Å². The van der Waals surface area contributed by atoms with Gasteiger partial charge in [0.05, 0.1) is 25.2 Å². The number of fused-ring (bicyclic) bond motifs is 1. The van der Waals surface area contributed by atoms with Crippen LogP contribution in [-0.2, 0) is 4.79 Å². The van der Waals surface area contributed by atoms with Crippen molar-refractivity contribution in [1.29, 1.82) is 0 Å². The van der Waals surface area contributed by atoms with Gasteiger partial charge in [0.25, 0.3) is 0 Å². The minimum atomic E-state index is -0.603. The molecule has 0 aliphatic carbocycles. The number of ether oxygens (including phenoxy) is 1. The van der Waals surface area contributed by atoms with E-state index in [9.17, 15) is 9.90 Å². The Labute approximate surface area is 137 Å². The second kappa shape index (κ2) is 6.20. The lowest BCUT2D eigenvalue weighted by molar-refractivity contribution is -0.157. The van der Waals surface area contributed by atoms with Crippen LogP contribution in [0.4, 0.5) is 0 Å². The topological polar surface area (TPSA) is 49.8 Å². The molecule has 0 spiro atoms. The number of hydrogen-bond acceptors (Lipinski definition) is 3. The predicted molar refractivity (Wildman–Crippen MR) is 89.8 cm³/mol. The van der Waals surface area contributed by atoms with Crippen LogP contribution in [0.2, 0.25) is 0 Å². The van der Waals surface area contributed by atoms with Gasteiger partial charge < -0.3 is 14.7 Å². The Balaban J connectivity index is 1.97. The molecule has 1 fully saturated rings. The SMILES string of the molecule is C=CCCC1=C(c2cccc(OC)c2)C[C@@H]2[C@@H]([C@@H](C)O)C(=O)N12. The Morgan fingerprint density at radius 1 is 1.52 bits per heavy atom. The van der Waals surface area contributed by atoms with E-state index in [1.54, 1.807) is 14.0 Å². The Kier molecular flexibility index (Phi) is 4.26. The van der Waals surface area contributed by atoms with E-state index < -0.39 is 6.10 Å². The van der Waals surface area contributed by atoms with Crippen molar-refractivity contribution in [2.75, 3.05) is 7.11 Å². The van der Waals surface area contributed by atoms with Crippen LogP contribution >= 0.6 is 0 Å². The van der Waals surface area contributed by atoms with Gasteiger partial charge in [0.2, 0.25) is 5.91 Å². The summed E-state index contributed by atoms with van der Waals surface area (Å²) in [7, 11) is 1.65. The highest BCUT2D eigenvalue weighted by molar-refractivity contribution is 5.93. The standard InChI is InChI=1S/C19H23NO3/c1-4-5-9-16-15(13-7-6-8-14(10-13)23-3)11-17-18(12(2)21)19(22)20(16)17/h4,6-8,10,12,17-18,21H,1,5,9,11H2,2-3H3/t12-,17-,18-/m1/s1. The van der Waals surface area contributed by atoms with Gasteiger partial charge in [0.15, 0.2) is 0 Å². The van der Waals surface area contributed by atoms with Crippen molar-refractivity contribution in [2.45, 2.75) is 38.3 Å². The van der Waals surface area contributed by atoms with Crippen molar-refractivity contribution in [3.05, 3.63) is 48.2 Å². The van der Waals surface area contributed by atoms with E-state index in [0.29, 0.717) is 0 Å². The molecule has 122 valence electrons. The molecule has 0 aromatic heterocycles. The smallest absolute Gasteiger partial charge is 0.234 e. The number of nitrogens with zero attached hydrogens (tertiary/aromatic N) is 1. The van der Waals surface area contributed by atoms with Gasteiger partial charge in [-0.05, 0) is 49.5 Å². The second-order valence-electron chi connectivity index (χ2n) is 6.23. The number of aliphatic hydroxyl groups excluding tert-OH is 1. The van der Waals surface area contributed by atoms with Gasteiger partial charge >= 0.3 is 0 Å². The average Bonchev–Trinajstić information content (AvgIpc) is 2.86. The molecule has 4 nitrogen and oxygen atoms in total. The van der Waals surface area contributed by atoms with E-state index in [-0.39, 0.29) is 17.9 Å². The lowest BCUT2D eigenvalue weighted by Crippen LogP contribution is -2.61. The second-order valence-corrected chi connectivity index (χ2v) is 6.23. The third-order valence-corrected chi connectivity index (χ3v) is 4.84. The lowest BCUT2D eigenvalue weighted by atomic mass is 9.82. The summed E-state index contributed by atoms with van der Waals surface area (Å²) in [6, 6.07) is 8.04. The van der Waals surface area contributed by atoms with Crippen molar-refractivity contribution in [1.82, 2.24) is 4.90 Å². The van der Waals surface area contributed by atoms with Crippen LogP contribution in [0.5, 0.6) is 5.75 Å². The number of carbonyl (C=O) groups excluding carboxylic acids is 1. The normalized spacial score (nSPS) is 24.3. The van der Waals surface area contributed by atoms with Crippen molar-refractivity contribution >= 4 is 11.5 Å². The minimum Gasteiger partial charge on any atom is -0.497 e. The van der Waals surface area contributed by atoms with E-state index in [2.05, 4.69) is 12.6 Å². The number of aliphatic hydroxyl groups is 1. The first-order chi connectivity index (χ1) is 11.1. The zero-order valence-corrected chi connectivity index (χ0v) is 13.7. The zero-order valence-electron chi connectivity index (χ0n) is 13.7. The minimum absolute atomic E-state index is 0.0435. The molecule has 0 radical (unpaired) electrons. The molecule has 23 heavy (non-hydrogen) atoms. The fraction of sp³-hybridized carbons (Fsp3) is 0.421. The summed E-state index contributed by atoms with van der Waals surface area (Å²) < 4.78 is 5.32. The number of methoxy groups -OCH3 is 1. The van der Waals surface area contributed by atoms with Crippen LogP contribution in [0.25, 0.3) is 5.57 Å². The summed E-state index contributed by atoms with van der Waals surface area (Å²) >= 11 is 0. The third-order valence-electron chi connectivity index (χ3n) is 4.84. The first kappa shape index (κ1) is 15.8. The predicted octanol–water partition coefficient (Wildman–Crippen LogP) is 2.98. The van der Waals surface area contributed by atoms with Gasteiger partial charge in [-0.3, -0.25) is 4.79 Å². The summed E-state index contributed by atoms with van der Waals surface area (Å²) in [4.78, 5) is 14.3. The Hall–Kier alpha value is -2.07. The molecule has 1 amide bonds. The molecular weight excluding hydrogens is 290 g/mol. The van der Waals surface area contributed by atoms with Crippen molar-refractivity contribution < 1.29 is 14.6 Å². The van der Waals surface area contributed by atoms with Crippen molar-refractivity contribution in [3.8, 4) is 5.75 Å². The Bertz CT molecular complexity index is 662. The molecule has 1 aromatic rings. The van der Waals surface area contributed by atoms with E-state index in [1.807, 2.05) is 29.2 Å². The molecule has 1 aromatic carbocycles. The van der Waals surface area contributed by atoms with Gasteiger partial charge in [-0.15, -0.1) is 6.58 Å². The molecule has 0 bridgehead atoms. The van der Waals surface area contributed by atoms with Crippen LogP contribution in [0, 0.1) is 5.92 Å². The number of hydrogen-bond donors (Lipinski definition) is 1. The number of rotatable bonds is 6. The summed E-state index contributed by atoms with van der Waals surface area (Å²) in [6.07, 6.45) is 3.69. The largest absolute Gasteiger partial charge is 0.497 e. The van der Waals surface area contributed by atoms with Gasteiger partial charge in [-0.2, -0.15) is 0 Å². The zero-order chi connectivity index (χ0) is 16.6. The highest BCUT2D eigenvalue weighted by atomic mass is 16.5. The fourth-order valence-corrected chi connectivity index (χ4v) is 3.72. The monoisotopic (exact) mass is 313 g/mol. The first-order valence-corrected chi connectivity index (χ1v) is 8.07. The van der Waals surface area contributed by atoms with Gasteiger partial charge in [-0.25, -0.2) is 0 Å². The number of carbonyl (C=O) groups is 1. The van der Waals surface area contributed by atoms with E-state index in [0.717, 1.165) is 36.3 Å². The summed E-state index contributed by atoms with van der Waals surface area (Å²) in [5.41, 5.74) is 3.35. The highest BCUT2D eigenvalue weighted by Crippen LogP contribution is 2.48. The number of β-lactam (4-membered cyclic amide) rings is 1. The van der Waals surface area contributed by atoms with E-state index in [1.165, 1.54) is 5.57 Å². The molecule has 2 aliphatic rings. The number of benzene rings is 1. The molecule has 4 heteroatoms. The molecule has 2 heterocycles. The van der Waals surface area contributed by atoms with Gasteiger partial charge in [0, 0.05) is 5.70 Å². The van der Waals surface area contributed by atoms with Gasteiger partial charge in [0.1, 0.15) is 5.75 Å². The molecule has 0 unspecified atom stereocenters.